The summed E-state index contributed by atoms with van der Waals surface area (Å²) in [5.41, 5.74) is 9.45. The van der Waals surface area contributed by atoms with Crippen molar-refractivity contribution in [3.8, 4) is 0 Å². The van der Waals surface area contributed by atoms with E-state index in [4.69, 9.17) is 10.7 Å². The number of benzene rings is 2. The van der Waals surface area contributed by atoms with Crippen LogP contribution in [0.25, 0.3) is 0 Å². The topological polar surface area (TPSA) is 72.5 Å². The predicted octanol–water partition coefficient (Wildman–Crippen LogP) is 5.09. The van der Waals surface area contributed by atoms with Gasteiger partial charge in [-0.25, -0.2) is 8.42 Å². The van der Waals surface area contributed by atoms with Gasteiger partial charge in [-0.05, 0) is 67.5 Å². The van der Waals surface area contributed by atoms with Crippen LogP contribution in [0, 0.1) is 5.92 Å². The molecular formula is C22H26N2O2S. The molecule has 5 heteroatoms. The molecule has 1 aliphatic heterocycles. The highest BCUT2D eigenvalue weighted by Crippen LogP contribution is 2.35. The van der Waals surface area contributed by atoms with Crippen molar-refractivity contribution < 1.29 is 8.42 Å². The number of sulfone groups is 1. The monoisotopic (exact) mass is 382 g/mol. The maximum atomic E-state index is 13.0. The minimum absolute atomic E-state index is 0.228. The van der Waals surface area contributed by atoms with Gasteiger partial charge in [0, 0.05) is 11.4 Å². The lowest BCUT2D eigenvalue weighted by atomic mass is 9.88. The molecule has 1 fully saturated rings. The smallest absolute Gasteiger partial charge is 0.206 e. The van der Waals surface area contributed by atoms with Gasteiger partial charge in [-0.3, -0.25) is 4.99 Å². The van der Waals surface area contributed by atoms with Gasteiger partial charge in [0.05, 0.1) is 15.5 Å². The first kappa shape index (κ1) is 18.2. The first-order valence-corrected chi connectivity index (χ1v) is 11.3. The molecule has 0 radical (unpaired) electrons. The van der Waals surface area contributed by atoms with Gasteiger partial charge < -0.3 is 5.73 Å². The molecule has 2 aliphatic rings. The molecule has 142 valence electrons. The molecule has 2 aromatic rings. The molecule has 1 heterocycles. The molecule has 4 nitrogen and oxygen atoms in total. The van der Waals surface area contributed by atoms with E-state index in [-0.39, 0.29) is 9.79 Å². The molecular weight excluding hydrogens is 356 g/mol. The fourth-order valence-electron chi connectivity index (χ4n) is 4.23. The quantitative estimate of drug-likeness (QED) is 0.593. The van der Waals surface area contributed by atoms with Crippen LogP contribution >= 0.6 is 0 Å². The Morgan fingerprint density at radius 2 is 1.63 bits per heavy atom. The summed E-state index contributed by atoms with van der Waals surface area (Å²) in [4.78, 5) is 5.44. The molecule has 0 atom stereocenters. The largest absolute Gasteiger partial charge is 0.399 e. The lowest BCUT2D eigenvalue weighted by molar-refractivity contribution is 0.579. The highest BCUT2D eigenvalue weighted by atomic mass is 32.2. The number of nitrogens with two attached hydrogens (primary N) is 1. The zero-order valence-corrected chi connectivity index (χ0v) is 16.3. The molecule has 0 saturated heterocycles. The lowest BCUT2D eigenvalue weighted by Gasteiger charge is -2.22. The number of nitrogen functional groups attached to an aromatic ring is 1. The highest BCUT2D eigenvalue weighted by Gasteiger charge is 2.24. The molecule has 0 amide bonds. The van der Waals surface area contributed by atoms with E-state index >= 15 is 0 Å². The van der Waals surface area contributed by atoms with Crippen LogP contribution in [0.3, 0.4) is 0 Å². The van der Waals surface area contributed by atoms with Crippen molar-refractivity contribution in [3.05, 3.63) is 48.0 Å². The third kappa shape index (κ3) is 3.79. The van der Waals surface area contributed by atoms with Gasteiger partial charge in [-0.2, -0.15) is 0 Å². The van der Waals surface area contributed by atoms with E-state index < -0.39 is 9.84 Å². The van der Waals surface area contributed by atoms with Crippen LogP contribution < -0.4 is 5.73 Å². The molecule has 2 N–H and O–H groups in total. The second-order valence-corrected chi connectivity index (χ2v) is 9.61. The standard InChI is InChI=1S/C22H26N2O2S/c23-18-8-5-9-19(14-18)27(25,26)20-12-10-17-11-13-21(24-22(17)15-20)16-6-3-1-2-4-7-16/h5,8-10,12,14-16H,1-4,6-7,11,13,23H2. The molecule has 0 unspecified atom stereocenters. The summed E-state index contributed by atoms with van der Waals surface area (Å²) in [6.45, 7) is 0. The fraction of sp³-hybridized carbons (Fsp3) is 0.409. The van der Waals surface area contributed by atoms with Crippen LogP contribution in [0.4, 0.5) is 11.4 Å². The Morgan fingerprint density at radius 1 is 0.889 bits per heavy atom. The molecule has 4 rings (SSSR count). The number of fused-ring (bicyclic) bond motifs is 1. The number of hydrogen-bond donors (Lipinski definition) is 1. The zero-order valence-electron chi connectivity index (χ0n) is 15.5. The van der Waals surface area contributed by atoms with E-state index in [0.717, 1.165) is 24.1 Å². The van der Waals surface area contributed by atoms with Crippen molar-refractivity contribution in [2.75, 3.05) is 5.73 Å². The van der Waals surface area contributed by atoms with Crippen LogP contribution in [0.2, 0.25) is 0 Å². The number of hydrogen-bond acceptors (Lipinski definition) is 4. The Bertz CT molecular complexity index is 972. The van der Waals surface area contributed by atoms with Gasteiger partial charge in [-0.1, -0.05) is 37.8 Å². The summed E-state index contributed by atoms with van der Waals surface area (Å²) < 4.78 is 26.0. The van der Waals surface area contributed by atoms with Gasteiger partial charge in [-0.15, -0.1) is 0 Å². The van der Waals surface area contributed by atoms with E-state index in [9.17, 15) is 8.42 Å². The molecule has 0 aromatic heterocycles. The predicted molar refractivity (Wildman–Crippen MR) is 109 cm³/mol. The van der Waals surface area contributed by atoms with Crippen molar-refractivity contribution in [1.29, 1.82) is 0 Å². The van der Waals surface area contributed by atoms with Gasteiger partial charge in [0.15, 0.2) is 0 Å². The minimum Gasteiger partial charge on any atom is -0.399 e. The van der Waals surface area contributed by atoms with Crippen LogP contribution in [-0.2, 0) is 16.3 Å². The second-order valence-electron chi connectivity index (χ2n) is 7.66. The van der Waals surface area contributed by atoms with Gasteiger partial charge >= 0.3 is 0 Å². The van der Waals surface area contributed by atoms with E-state index in [2.05, 4.69) is 0 Å². The third-order valence-electron chi connectivity index (χ3n) is 5.78. The molecule has 0 bridgehead atoms. The number of aryl methyl sites for hydroxylation is 1. The van der Waals surface area contributed by atoms with Gasteiger partial charge in [0.25, 0.3) is 0 Å². The fourth-order valence-corrected chi connectivity index (χ4v) is 5.56. The van der Waals surface area contributed by atoms with Crippen molar-refractivity contribution in [1.82, 2.24) is 0 Å². The lowest BCUT2D eigenvalue weighted by Crippen LogP contribution is -2.17. The first-order valence-electron chi connectivity index (χ1n) is 9.85. The summed E-state index contributed by atoms with van der Waals surface area (Å²) in [6.07, 6.45) is 9.58. The Morgan fingerprint density at radius 3 is 2.37 bits per heavy atom. The average molecular weight is 383 g/mol. The summed E-state index contributed by atoms with van der Waals surface area (Å²) in [6, 6.07) is 11.8. The molecule has 27 heavy (non-hydrogen) atoms. The Labute approximate surface area is 161 Å². The molecule has 1 aliphatic carbocycles. The van der Waals surface area contributed by atoms with E-state index in [0.29, 0.717) is 11.6 Å². The SMILES string of the molecule is Nc1cccc(S(=O)(=O)c2ccc3c(c2)N=C(C2CCCCCC2)CC3)c1. The Hall–Kier alpha value is -2.14. The number of anilines is 1. The van der Waals surface area contributed by atoms with Crippen LogP contribution in [0.1, 0.15) is 50.5 Å². The highest BCUT2D eigenvalue weighted by molar-refractivity contribution is 7.91. The summed E-state index contributed by atoms with van der Waals surface area (Å²) in [5.74, 6) is 0.565. The molecule has 1 saturated carbocycles. The van der Waals surface area contributed by atoms with E-state index in [1.54, 1.807) is 30.3 Å². The van der Waals surface area contributed by atoms with Crippen molar-refractivity contribution in [2.45, 2.75) is 61.2 Å². The first-order chi connectivity index (χ1) is 13.0. The number of nitrogens with zero attached hydrogens (tertiary/aromatic N) is 1. The average Bonchev–Trinajstić information content (AvgIpc) is 2.96. The van der Waals surface area contributed by atoms with Crippen LogP contribution in [0.5, 0.6) is 0 Å². The summed E-state index contributed by atoms with van der Waals surface area (Å²) in [7, 11) is -3.59. The van der Waals surface area contributed by atoms with Crippen molar-refractivity contribution in [3.63, 3.8) is 0 Å². The molecule has 0 spiro atoms. The van der Waals surface area contributed by atoms with E-state index in [1.165, 1.54) is 50.3 Å². The van der Waals surface area contributed by atoms with Crippen LogP contribution in [0.15, 0.2) is 57.2 Å². The van der Waals surface area contributed by atoms with Crippen molar-refractivity contribution >= 4 is 26.9 Å². The molecule has 2 aromatic carbocycles. The maximum Gasteiger partial charge on any atom is 0.206 e. The normalized spacial score (nSPS) is 18.4. The number of aliphatic imine (C=N–C) groups is 1. The maximum absolute atomic E-state index is 13.0. The van der Waals surface area contributed by atoms with E-state index in [1.807, 2.05) is 6.07 Å². The van der Waals surface area contributed by atoms with Gasteiger partial charge in [0.2, 0.25) is 9.84 Å². The van der Waals surface area contributed by atoms with Crippen LogP contribution in [-0.4, -0.2) is 14.1 Å². The zero-order chi connectivity index (χ0) is 18.9. The second kappa shape index (κ2) is 7.47. The Balaban J connectivity index is 1.68. The minimum atomic E-state index is -3.59. The number of rotatable bonds is 3. The summed E-state index contributed by atoms with van der Waals surface area (Å²) >= 11 is 0. The summed E-state index contributed by atoms with van der Waals surface area (Å²) in [5, 5.41) is 0. The Kier molecular flexibility index (Phi) is 5.04. The van der Waals surface area contributed by atoms with Crippen molar-refractivity contribution in [2.24, 2.45) is 10.9 Å². The third-order valence-corrected chi connectivity index (χ3v) is 7.53. The van der Waals surface area contributed by atoms with Gasteiger partial charge in [0.1, 0.15) is 0 Å².